The van der Waals surface area contributed by atoms with Crippen LogP contribution in [0.5, 0.6) is 5.88 Å². The van der Waals surface area contributed by atoms with E-state index < -0.39 is 18.5 Å². The van der Waals surface area contributed by atoms with Crippen LogP contribution in [0.25, 0.3) is 16.9 Å². The summed E-state index contributed by atoms with van der Waals surface area (Å²) in [6, 6.07) is 7.79. The zero-order valence-corrected chi connectivity index (χ0v) is 17.5. The van der Waals surface area contributed by atoms with Gasteiger partial charge in [0.15, 0.2) is 11.6 Å². The van der Waals surface area contributed by atoms with Gasteiger partial charge in [-0.1, -0.05) is 6.07 Å². The van der Waals surface area contributed by atoms with Gasteiger partial charge in [-0.05, 0) is 43.7 Å². The highest BCUT2D eigenvalue weighted by molar-refractivity contribution is 5.76. The minimum Gasteiger partial charge on any atom is -0.473 e. The average molecular weight is 440 g/mol. The number of hydrogen-bond donors (Lipinski definition) is 3. The van der Waals surface area contributed by atoms with Crippen LogP contribution in [0.3, 0.4) is 0 Å². The molecule has 1 fully saturated rings. The van der Waals surface area contributed by atoms with Crippen LogP contribution in [0.4, 0.5) is 10.2 Å². The van der Waals surface area contributed by atoms with Crippen molar-refractivity contribution in [2.75, 3.05) is 18.5 Å². The van der Waals surface area contributed by atoms with Crippen LogP contribution in [-0.4, -0.2) is 55.2 Å². The van der Waals surface area contributed by atoms with E-state index in [1.54, 1.807) is 16.9 Å². The molecule has 4 rings (SSSR count). The van der Waals surface area contributed by atoms with Gasteiger partial charge < -0.3 is 20.3 Å². The maximum absolute atomic E-state index is 15.2. The Morgan fingerprint density at radius 3 is 2.84 bits per heavy atom. The van der Waals surface area contributed by atoms with Gasteiger partial charge in [0.25, 0.3) is 5.88 Å². The predicted molar refractivity (Wildman–Crippen MR) is 114 cm³/mol. The standard InChI is InChI=1S/C22H25FN6O3/c23-19-21(26-15-6-4-14(5-7-15)8-9-24)27-20(28-22(19)32-13-16(31)12-30)17-11-25-29-10-2-1-3-18(17)29/h1-3,10-11,14-16,30-31H,4-8,12-13H2,(H,26,27,28)/t14-,15-,16?. The van der Waals surface area contributed by atoms with Gasteiger partial charge in [0.1, 0.15) is 12.7 Å². The Morgan fingerprint density at radius 2 is 2.09 bits per heavy atom. The molecule has 1 aliphatic carbocycles. The second-order valence-corrected chi connectivity index (χ2v) is 7.98. The fraction of sp³-hybridized carbons (Fsp3) is 0.455. The van der Waals surface area contributed by atoms with Gasteiger partial charge in [0, 0.05) is 18.7 Å². The molecule has 1 aliphatic rings. The quantitative estimate of drug-likeness (QED) is 0.487. The molecule has 1 saturated carbocycles. The largest absolute Gasteiger partial charge is 0.473 e. The summed E-state index contributed by atoms with van der Waals surface area (Å²) in [5.74, 6) is -0.432. The number of nitriles is 1. The molecule has 0 amide bonds. The molecule has 3 heterocycles. The number of anilines is 1. The molecule has 3 aromatic heterocycles. The van der Waals surface area contributed by atoms with E-state index in [1.807, 2.05) is 18.2 Å². The highest BCUT2D eigenvalue weighted by atomic mass is 19.1. The number of nitrogens with zero attached hydrogens (tertiary/aromatic N) is 5. The molecule has 168 valence electrons. The van der Waals surface area contributed by atoms with E-state index in [4.69, 9.17) is 15.1 Å². The lowest BCUT2D eigenvalue weighted by Crippen LogP contribution is -2.27. The molecule has 0 spiro atoms. The molecule has 3 aromatic rings. The minimum absolute atomic E-state index is 0.0157. The maximum Gasteiger partial charge on any atom is 0.256 e. The first kappa shape index (κ1) is 21.9. The lowest BCUT2D eigenvalue weighted by atomic mass is 9.84. The number of aliphatic hydroxyl groups is 2. The molecule has 1 atom stereocenters. The van der Waals surface area contributed by atoms with Gasteiger partial charge in [-0.2, -0.15) is 19.7 Å². The van der Waals surface area contributed by atoms with Crippen molar-refractivity contribution < 1.29 is 19.3 Å². The maximum atomic E-state index is 15.2. The molecule has 10 heteroatoms. The molecular formula is C22H25FN6O3. The van der Waals surface area contributed by atoms with Crippen molar-refractivity contribution in [3.05, 3.63) is 36.4 Å². The highest BCUT2D eigenvalue weighted by Gasteiger charge is 2.25. The highest BCUT2D eigenvalue weighted by Crippen LogP contribution is 2.32. The first-order chi connectivity index (χ1) is 15.6. The van der Waals surface area contributed by atoms with E-state index in [-0.39, 0.29) is 30.2 Å². The van der Waals surface area contributed by atoms with Crippen molar-refractivity contribution in [1.29, 1.82) is 5.26 Å². The fourth-order valence-corrected chi connectivity index (χ4v) is 3.91. The van der Waals surface area contributed by atoms with Crippen molar-refractivity contribution in [2.45, 2.75) is 44.2 Å². The third-order valence-corrected chi connectivity index (χ3v) is 5.68. The van der Waals surface area contributed by atoms with Gasteiger partial charge in [-0.25, -0.2) is 9.50 Å². The minimum atomic E-state index is -1.16. The van der Waals surface area contributed by atoms with E-state index in [9.17, 15) is 5.11 Å². The number of hydrogen-bond acceptors (Lipinski definition) is 8. The van der Waals surface area contributed by atoms with Crippen LogP contribution in [-0.2, 0) is 0 Å². The lowest BCUT2D eigenvalue weighted by molar-refractivity contribution is 0.0507. The monoisotopic (exact) mass is 440 g/mol. The molecule has 0 radical (unpaired) electrons. The number of fused-ring (bicyclic) bond motifs is 1. The lowest BCUT2D eigenvalue weighted by Gasteiger charge is -2.28. The molecule has 0 aliphatic heterocycles. The molecule has 32 heavy (non-hydrogen) atoms. The summed E-state index contributed by atoms with van der Waals surface area (Å²) in [5, 5.41) is 35.0. The number of rotatable bonds is 8. The van der Waals surface area contributed by atoms with Crippen molar-refractivity contribution in [2.24, 2.45) is 5.92 Å². The number of aromatic nitrogens is 4. The molecule has 1 unspecified atom stereocenters. The number of pyridine rings is 1. The van der Waals surface area contributed by atoms with Crippen LogP contribution in [0.15, 0.2) is 30.6 Å². The summed E-state index contributed by atoms with van der Waals surface area (Å²) in [6.07, 6.45) is 6.18. The SMILES string of the molecule is N#CC[C@H]1CC[C@H](Nc2nc(-c3cnn4ccccc34)nc(OCC(O)CO)c2F)CC1. The van der Waals surface area contributed by atoms with Crippen molar-refractivity contribution >= 4 is 11.3 Å². The number of aliphatic hydroxyl groups excluding tert-OH is 2. The van der Waals surface area contributed by atoms with Crippen LogP contribution < -0.4 is 10.1 Å². The number of nitrogens with one attached hydrogen (secondary N) is 1. The van der Waals surface area contributed by atoms with Crippen molar-refractivity contribution in [3.63, 3.8) is 0 Å². The summed E-state index contributed by atoms with van der Waals surface area (Å²) in [6.45, 7) is -0.817. The van der Waals surface area contributed by atoms with Gasteiger partial charge in [0.05, 0.1) is 30.0 Å². The zero-order valence-electron chi connectivity index (χ0n) is 17.5. The third kappa shape index (κ3) is 4.79. The zero-order chi connectivity index (χ0) is 22.5. The number of ether oxygens (including phenoxy) is 1. The smallest absolute Gasteiger partial charge is 0.256 e. The molecular weight excluding hydrogens is 415 g/mol. The van der Waals surface area contributed by atoms with E-state index >= 15 is 4.39 Å². The normalized spacial score (nSPS) is 19.4. The molecule has 0 aromatic carbocycles. The van der Waals surface area contributed by atoms with Crippen LogP contribution in [0, 0.1) is 23.1 Å². The van der Waals surface area contributed by atoms with Crippen LogP contribution >= 0.6 is 0 Å². The molecule has 9 nitrogen and oxygen atoms in total. The van der Waals surface area contributed by atoms with Gasteiger partial charge in [-0.3, -0.25) is 0 Å². The Labute approximate surface area is 184 Å². The van der Waals surface area contributed by atoms with Gasteiger partial charge in [0.2, 0.25) is 5.82 Å². The Balaban J connectivity index is 1.64. The second-order valence-electron chi connectivity index (χ2n) is 7.98. The summed E-state index contributed by atoms with van der Waals surface area (Å²) in [7, 11) is 0. The summed E-state index contributed by atoms with van der Waals surface area (Å²) in [5.41, 5.74) is 1.36. The Kier molecular flexibility index (Phi) is 6.78. The van der Waals surface area contributed by atoms with Crippen molar-refractivity contribution in [3.8, 4) is 23.3 Å². The third-order valence-electron chi connectivity index (χ3n) is 5.68. The van der Waals surface area contributed by atoms with E-state index in [1.165, 1.54) is 0 Å². The Bertz CT molecular complexity index is 1110. The van der Waals surface area contributed by atoms with E-state index in [2.05, 4.69) is 26.5 Å². The van der Waals surface area contributed by atoms with E-state index in [0.29, 0.717) is 17.9 Å². The molecule has 3 N–H and O–H groups in total. The first-order valence-corrected chi connectivity index (χ1v) is 10.6. The topological polar surface area (TPSA) is 129 Å². The molecule has 0 saturated heterocycles. The van der Waals surface area contributed by atoms with Crippen molar-refractivity contribution in [1.82, 2.24) is 19.6 Å². The van der Waals surface area contributed by atoms with E-state index in [0.717, 1.165) is 31.2 Å². The summed E-state index contributed by atoms with van der Waals surface area (Å²) in [4.78, 5) is 8.66. The average Bonchev–Trinajstić information content (AvgIpc) is 3.25. The van der Waals surface area contributed by atoms with Gasteiger partial charge in [-0.15, -0.1) is 0 Å². The summed E-state index contributed by atoms with van der Waals surface area (Å²) < 4.78 is 22.2. The number of halogens is 1. The fourth-order valence-electron chi connectivity index (χ4n) is 3.91. The first-order valence-electron chi connectivity index (χ1n) is 10.6. The second kappa shape index (κ2) is 9.89. The van der Waals surface area contributed by atoms with Crippen LogP contribution in [0.1, 0.15) is 32.1 Å². The Hall–Kier alpha value is -3.29. The summed E-state index contributed by atoms with van der Waals surface area (Å²) >= 11 is 0. The Morgan fingerprint density at radius 1 is 1.28 bits per heavy atom. The van der Waals surface area contributed by atoms with Crippen LogP contribution in [0.2, 0.25) is 0 Å². The van der Waals surface area contributed by atoms with Gasteiger partial charge >= 0.3 is 0 Å². The molecule has 0 bridgehead atoms. The predicted octanol–water partition coefficient (Wildman–Crippen LogP) is 2.55.